The van der Waals surface area contributed by atoms with Crippen molar-refractivity contribution in [1.29, 1.82) is 0 Å². The molecule has 1 radical (unpaired) electrons. The van der Waals surface area contributed by atoms with Crippen molar-refractivity contribution in [3.05, 3.63) is 131 Å². The number of pyridine rings is 3. The second-order valence-corrected chi connectivity index (χ2v) is 30.3. The summed E-state index contributed by atoms with van der Waals surface area (Å²) in [5.41, 5.74) is 14.4. The van der Waals surface area contributed by atoms with E-state index in [2.05, 4.69) is 141 Å². The van der Waals surface area contributed by atoms with E-state index in [1.165, 1.54) is 43.2 Å². The summed E-state index contributed by atoms with van der Waals surface area (Å²) in [5, 5.41) is 2.07. The maximum Gasteiger partial charge on any atom is 0 e. The number of aromatic nitrogens is 5. The van der Waals surface area contributed by atoms with Crippen molar-refractivity contribution in [1.82, 2.24) is 24.5 Å². The number of nitrogens with zero attached hydrogens (tertiary/aromatic N) is 5. The van der Waals surface area contributed by atoms with Crippen LogP contribution in [0.3, 0.4) is 0 Å². The molecule has 0 saturated heterocycles. The molecule has 0 aliphatic heterocycles. The minimum atomic E-state index is -1.90. The summed E-state index contributed by atoms with van der Waals surface area (Å²) >= 11 is -1.90. The first-order valence-electron chi connectivity index (χ1n) is 21.8. The summed E-state index contributed by atoms with van der Waals surface area (Å²) in [4.78, 5) is 19.3. The van der Waals surface area contributed by atoms with Crippen molar-refractivity contribution in [3.8, 4) is 28.3 Å². The number of hydrogen-bond donors (Lipinski definition) is 0. The van der Waals surface area contributed by atoms with E-state index in [0.717, 1.165) is 90.4 Å². The fraction of sp³-hybridized carbons (Fsp3) is 0.358. The number of hydrogen-bond acceptors (Lipinski definition) is 5. The monoisotopic (exact) mass is 1050 g/mol. The summed E-state index contributed by atoms with van der Waals surface area (Å²) in [6.45, 7) is 14.8. The first-order chi connectivity index (χ1) is 28.6. The Labute approximate surface area is 377 Å². The van der Waals surface area contributed by atoms with Gasteiger partial charge in [0.1, 0.15) is 0 Å². The number of benzene rings is 3. The molecule has 0 amide bonds. The Hall–Kier alpha value is -4.43. The fourth-order valence-electron chi connectivity index (χ4n) is 9.95. The average molecular weight is 1040 g/mol. The van der Waals surface area contributed by atoms with Gasteiger partial charge in [0.15, 0.2) is 0 Å². The summed E-state index contributed by atoms with van der Waals surface area (Å²) in [7, 11) is 0. The van der Waals surface area contributed by atoms with Crippen LogP contribution in [0.5, 0.6) is 0 Å². The van der Waals surface area contributed by atoms with Crippen molar-refractivity contribution in [2.45, 2.75) is 103 Å². The van der Waals surface area contributed by atoms with Gasteiger partial charge in [0.05, 0.1) is 28.6 Å². The van der Waals surface area contributed by atoms with Crippen LogP contribution < -0.4 is 4.40 Å². The number of furan rings is 1. The number of rotatable bonds is 6. The summed E-state index contributed by atoms with van der Waals surface area (Å²) < 4.78 is 10.3. The minimum absolute atomic E-state index is 0. The van der Waals surface area contributed by atoms with Crippen molar-refractivity contribution in [3.63, 3.8) is 0 Å². The Kier molecular flexibility index (Phi) is 11.8. The summed E-state index contributed by atoms with van der Waals surface area (Å²) in [6, 6.07) is 32.3. The largest absolute Gasteiger partial charge is 0 e. The van der Waals surface area contributed by atoms with E-state index in [0.29, 0.717) is 5.71 Å². The molecule has 61 heavy (non-hydrogen) atoms. The van der Waals surface area contributed by atoms with Gasteiger partial charge in [-0.2, -0.15) is 0 Å². The number of fused-ring (bicyclic) bond motifs is 6. The van der Waals surface area contributed by atoms with Gasteiger partial charge in [0, 0.05) is 48.0 Å². The molecule has 10 rings (SSSR count). The van der Waals surface area contributed by atoms with Crippen LogP contribution in [0.15, 0.2) is 89.6 Å². The normalized spacial score (nSPS) is 17.5. The predicted molar refractivity (Wildman–Crippen MR) is 250 cm³/mol. The van der Waals surface area contributed by atoms with Crippen molar-refractivity contribution >= 4 is 50.8 Å². The molecule has 2 saturated carbocycles. The standard InChI is InChI=1S/C31H29N4O.C22H28GeN.Ir/c1-17-8-12-24(19(3)14-17)35-25-15-20(4)32-16-23(25)33-29(35)22-10-9-18(2)27-21-11-13-26(31(5,6)7)34-30(21)36-28(22)27;1-23(2,3)21-15-24-22(17-7-5-4-6-8-17)14-20(21)13-19-12-16-9-10-18(19)11-16;/h8-9,11-16H,1-7H3;4-7,14-16,18-19H,9-13H2,1-3H3;/q2*-1;. The van der Waals surface area contributed by atoms with E-state index in [1.807, 2.05) is 31.3 Å². The molecule has 3 aromatic carbocycles. The molecule has 8 heteroatoms. The second kappa shape index (κ2) is 16.7. The van der Waals surface area contributed by atoms with Gasteiger partial charge in [-0.25, -0.2) is 4.98 Å². The molecule has 3 atom stereocenters. The zero-order chi connectivity index (χ0) is 42.1. The molecule has 2 bridgehead atoms. The Morgan fingerprint density at radius 3 is 2.36 bits per heavy atom. The Bertz CT molecular complexity index is 2900. The maximum atomic E-state index is 6.50. The van der Waals surface area contributed by atoms with Gasteiger partial charge in [-0.1, -0.05) is 56.3 Å². The topological polar surface area (TPSA) is 69.6 Å². The van der Waals surface area contributed by atoms with Gasteiger partial charge < -0.3 is 8.98 Å². The van der Waals surface area contributed by atoms with Crippen LogP contribution in [-0.2, 0) is 31.9 Å². The van der Waals surface area contributed by atoms with Crippen LogP contribution in [-0.4, -0.2) is 37.8 Å². The molecule has 3 unspecified atom stereocenters. The second-order valence-electron chi connectivity index (χ2n) is 19.7. The van der Waals surface area contributed by atoms with Gasteiger partial charge in [-0.3, -0.25) is 9.97 Å². The third-order valence-electron chi connectivity index (χ3n) is 13.0. The molecular formula is C53H57GeIrN5O-2. The Morgan fingerprint density at radius 1 is 0.852 bits per heavy atom. The van der Waals surface area contributed by atoms with E-state index in [-0.39, 0.29) is 25.5 Å². The molecular weight excluding hydrogens is 987 g/mol. The van der Waals surface area contributed by atoms with Crippen molar-refractivity contribution in [2.75, 3.05) is 0 Å². The molecule has 8 aromatic rings. The van der Waals surface area contributed by atoms with Gasteiger partial charge in [0.2, 0.25) is 5.71 Å². The summed E-state index contributed by atoms with van der Waals surface area (Å²) in [5.74, 6) is 11.2. The molecule has 5 heterocycles. The quantitative estimate of drug-likeness (QED) is 0.123. The zero-order valence-corrected chi connectivity index (χ0v) is 41.8. The molecule has 315 valence electrons. The van der Waals surface area contributed by atoms with Crippen LogP contribution in [0.1, 0.15) is 80.1 Å². The van der Waals surface area contributed by atoms with Crippen LogP contribution >= 0.6 is 0 Å². The average Bonchev–Trinajstić information content (AvgIpc) is 4.00. The van der Waals surface area contributed by atoms with E-state index in [4.69, 9.17) is 19.4 Å². The number of aryl methyl sites for hydroxylation is 4. The Morgan fingerprint density at radius 2 is 1.67 bits per heavy atom. The molecule has 2 aliphatic carbocycles. The van der Waals surface area contributed by atoms with E-state index in [9.17, 15) is 0 Å². The third kappa shape index (κ3) is 8.43. The third-order valence-corrected chi connectivity index (χ3v) is 17.4. The van der Waals surface area contributed by atoms with Crippen molar-refractivity contribution < 1.29 is 24.5 Å². The smallest absolute Gasteiger partial charge is 0 e. The van der Waals surface area contributed by atoms with Gasteiger partial charge >= 0.3 is 149 Å². The molecule has 0 N–H and O–H groups in total. The van der Waals surface area contributed by atoms with Gasteiger partial charge in [-0.05, 0) is 50.6 Å². The summed E-state index contributed by atoms with van der Waals surface area (Å²) in [6.07, 6.45) is 11.3. The maximum absolute atomic E-state index is 6.50. The minimum Gasteiger partial charge on any atom is 0 e. The first-order valence-corrected chi connectivity index (χ1v) is 29.1. The van der Waals surface area contributed by atoms with E-state index in [1.54, 1.807) is 9.96 Å². The molecule has 0 spiro atoms. The fourth-order valence-corrected chi connectivity index (χ4v) is 13.3. The molecule has 6 nitrogen and oxygen atoms in total. The van der Waals surface area contributed by atoms with Crippen LogP contribution in [0.2, 0.25) is 17.3 Å². The van der Waals surface area contributed by atoms with Crippen LogP contribution in [0.25, 0.3) is 61.4 Å². The van der Waals surface area contributed by atoms with Gasteiger partial charge in [0.25, 0.3) is 0 Å². The first kappa shape index (κ1) is 43.2. The Balaban J connectivity index is 0.000000179. The number of imidazole rings is 1. The van der Waals surface area contributed by atoms with Crippen LogP contribution in [0, 0.1) is 57.6 Å². The molecule has 5 aromatic heterocycles. The molecule has 2 fully saturated rings. The van der Waals surface area contributed by atoms with Crippen molar-refractivity contribution in [2.24, 2.45) is 17.8 Å². The predicted octanol–water partition coefficient (Wildman–Crippen LogP) is 12.8. The van der Waals surface area contributed by atoms with E-state index >= 15 is 0 Å². The SMILES string of the molecule is Cc1ccc(-n2c(-c3[c-]cc(C)c4c3oc3nc(C(C)(C)C)ccc34)nc3cnc(C)cc32)c(C)c1.[CH3][Ge]([CH3])([CH3])[c]1cnc(-c2[c-]cccc2)cc1CC1CC2CCC1C2.[Ir]. The van der Waals surface area contributed by atoms with Crippen LogP contribution in [0.4, 0.5) is 0 Å². The van der Waals surface area contributed by atoms with E-state index < -0.39 is 13.3 Å². The van der Waals surface area contributed by atoms with Gasteiger partial charge in [-0.15, -0.1) is 17.7 Å². The molecule has 2 aliphatic rings. The zero-order valence-electron chi connectivity index (χ0n) is 37.3.